The van der Waals surface area contributed by atoms with Crippen molar-refractivity contribution in [2.75, 3.05) is 14.1 Å². The summed E-state index contributed by atoms with van der Waals surface area (Å²) in [5, 5.41) is 2.46. The molecule has 4 rings (SSSR count). The van der Waals surface area contributed by atoms with E-state index in [-0.39, 0.29) is 9.80 Å². The number of imide groups is 1. The maximum Gasteiger partial charge on any atom is 0.290 e. The highest BCUT2D eigenvalue weighted by Crippen LogP contribution is 2.29. The van der Waals surface area contributed by atoms with Crippen molar-refractivity contribution in [3.8, 4) is 11.8 Å². The summed E-state index contributed by atoms with van der Waals surface area (Å²) in [5.41, 5.74) is 1.66. The van der Waals surface area contributed by atoms with E-state index in [1.165, 1.54) is 32.3 Å². The van der Waals surface area contributed by atoms with Crippen molar-refractivity contribution in [1.82, 2.24) is 14.6 Å². The van der Waals surface area contributed by atoms with Gasteiger partial charge in [0.25, 0.3) is 11.1 Å². The summed E-state index contributed by atoms with van der Waals surface area (Å²) in [7, 11) is -0.556. The lowest BCUT2D eigenvalue weighted by Crippen LogP contribution is -2.22. The summed E-state index contributed by atoms with van der Waals surface area (Å²) in [6.45, 7) is 0. The maximum atomic E-state index is 12.2. The molecule has 0 radical (unpaired) electrons. The molecule has 1 aromatic carbocycles. The quantitative estimate of drug-likeness (QED) is 0.480. The van der Waals surface area contributed by atoms with E-state index >= 15 is 0 Å². The topological polar surface area (TPSA) is 110 Å². The van der Waals surface area contributed by atoms with Crippen LogP contribution in [0.4, 0.5) is 4.79 Å². The number of benzene rings is 1. The van der Waals surface area contributed by atoms with E-state index in [0.717, 1.165) is 16.1 Å². The second-order valence-corrected chi connectivity index (χ2v) is 9.83. The Morgan fingerprint density at radius 1 is 1.13 bits per heavy atom. The van der Waals surface area contributed by atoms with Gasteiger partial charge in [-0.1, -0.05) is 11.8 Å². The van der Waals surface area contributed by atoms with Crippen LogP contribution < -0.4 is 5.32 Å². The fourth-order valence-corrected chi connectivity index (χ4v) is 4.32. The molecule has 1 N–H and O–H groups in total. The maximum absolute atomic E-state index is 12.2. The number of sulfonamides is 1. The molecule has 1 saturated heterocycles. The number of hydrogen-bond acceptors (Lipinski definition) is 7. The third-order valence-electron chi connectivity index (χ3n) is 4.33. The second-order valence-electron chi connectivity index (χ2n) is 6.67. The van der Waals surface area contributed by atoms with Gasteiger partial charge in [0.15, 0.2) is 5.58 Å². The molecule has 0 bridgehead atoms. The Kier molecular flexibility index (Phi) is 5.41. The summed E-state index contributed by atoms with van der Waals surface area (Å²) in [6, 6.07) is 7.96. The number of carbonyl (C=O) groups is 2. The molecule has 8 nitrogen and oxygen atoms in total. The number of nitrogens with zero attached hydrogens (tertiary/aromatic N) is 2. The Morgan fingerprint density at radius 2 is 1.87 bits per heavy atom. The van der Waals surface area contributed by atoms with Crippen LogP contribution >= 0.6 is 11.8 Å². The molecule has 1 aliphatic heterocycles. The van der Waals surface area contributed by atoms with Crippen LogP contribution in [0.5, 0.6) is 0 Å². The van der Waals surface area contributed by atoms with Crippen molar-refractivity contribution in [3.05, 3.63) is 64.5 Å². The molecule has 1 aliphatic rings. The highest BCUT2D eigenvalue weighted by Gasteiger charge is 2.25. The Bertz CT molecular complexity index is 1410. The summed E-state index contributed by atoms with van der Waals surface area (Å²) in [4.78, 5) is 27.6. The van der Waals surface area contributed by atoms with Gasteiger partial charge in [-0.05, 0) is 42.1 Å². The van der Waals surface area contributed by atoms with Crippen molar-refractivity contribution in [3.63, 3.8) is 0 Å². The van der Waals surface area contributed by atoms with Crippen LogP contribution in [0.3, 0.4) is 0 Å². The monoisotopic (exact) mass is 453 g/mol. The minimum Gasteiger partial charge on any atom is -0.455 e. The molecule has 0 atom stereocenters. The molecule has 3 heterocycles. The number of nitrogens with one attached hydrogen (secondary N) is 1. The normalized spacial score (nSPS) is 15.4. The Morgan fingerprint density at radius 3 is 2.52 bits per heavy atom. The molecule has 1 fully saturated rings. The van der Waals surface area contributed by atoms with Crippen molar-refractivity contribution in [1.29, 1.82) is 0 Å². The van der Waals surface area contributed by atoms with Crippen LogP contribution in [0.2, 0.25) is 0 Å². The smallest absolute Gasteiger partial charge is 0.290 e. The number of amides is 2. The van der Waals surface area contributed by atoms with Gasteiger partial charge in [0, 0.05) is 43.5 Å². The average Bonchev–Trinajstić information content (AvgIpc) is 3.28. The first kappa shape index (κ1) is 20.9. The predicted molar refractivity (Wildman–Crippen MR) is 116 cm³/mol. The number of carbonyl (C=O) groups excluding carboxylic acids is 2. The van der Waals surface area contributed by atoms with Crippen LogP contribution in [0.1, 0.15) is 16.9 Å². The fraction of sp³-hybridized carbons (Fsp3) is 0.0952. The number of aromatic nitrogens is 1. The first-order valence-corrected chi connectivity index (χ1v) is 11.2. The average molecular weight is 454 g/mol. The van der Waals surface area contributed by atoms with E-state index in [4.69, 9.17) is 4.42 Å². The minimum atomic E-state index is -3.50. The van der Waals surface area contributed by atoms with Crippen LogP contribution in [0.25, 0.3) is 17.0 Å². The van der Waals surface area contributed by atoms with Gasteiger partial charge >= 0.3 is 0 Å². The lowest BCUT2D eigenvalue weighted by atomic mass is 10.2. The van der Waals surface area contributed by atoms with E-state index in [2.05, 4.69) is 22.1 Å². The van der Waals surface area contributed by atoms with Crippen LogP contribution in [-0.4, -0.2) is 42.9 Å². The summed E-state index contributed by atoms with van der Waals surface area (Å²) in [6.07, 6.45) is 4.66. The van der Waals surface area contributed by atoms with Crippen molar-refractivity contribution in [2.24, 2.45) is 0 Å². The molecule has 3 aromatic rings. The van der Waals surface area contributed by atoms with E-state index in [1.807, 2.05) is 0 Å². The lowest BCUT2D eigenvalue weighted by molar-refractivity contribution is -0.115. The van der Waals surface area contributed by atoms with Crippen LogP contribution in [-0.2, 0) is 14.8 Å². The standard InChI is InChI=1S/C21H15N3O5S2/c1-24(2)31(27,28)17-7-4-13(5-8-17)3-6-14-11-22-12-15-9-16(29-19(14)15)10-18-20(25)23-21(26)30-18/h4-5,7-12H,1-2H3,(H,23,25,26)/b18-10-. The van der Waals surface area contributed by atoms with Gasteiger partial charge in [0.1, 0.15) is 5.76 Å². The summed E-state index contributed by atoms with van der Waals surface area (Å²) in [5.74, 6) is 5.89. The molecule has 10 heteroatoms. The van der Waals surface area contributed by atoms with E-state index < -0.39 is 21.2 Å². The van der Waals surface area contributed by atoms with Crippen LogP contribution in [0, 0.1) is 11.8 Å². The van der Waals surface area contributed by atoms with Gasteiger partial charge in [-0.25, -0.2) is 12.7 Å². The number of furan rings is 1. The highest BCUT2D eigenvalue weighted by atomic mass is 32.2. The molecular weight excluding hydrogens is 438 g/mol. The zero-order chi connectivity index (χ0) is 22.2. The Hall–Kier alpha value is -3.39. The highest BCUT2D eigenvalue weighted by molar-refractivity contribution is 8.18. The predicted octanol–water partition coefficient (Wildman–Crippen LogP) is 2.80. The van der Waals surface area contributed by atoms with E-state index in [0.29, 0.717) is 27.9 Å². The SMILES string of the molecule is CN(C)S(=O)(=O)c1ccc(C#Cc2cncc3cc(/C=C4\SC(=O)NC4=O)oc23)cc1. The van der Waals surface area contributed by atoms with Gasteiger partial charge in [-0.2, -0.15) is 0 Å². The van der Waals surface area contributed by atoms with Gasteiger partial charge in [-0.3, -0.25) is 19.9 Å². The fourth-order valence-electron chi connectivity index (χ4n) is 2.75. The minimum absolute atomic E-state index is 0.183. The third kappa shape index (κ3) is 4.25. The van der Waals surface area contributed by atoms with Crippen molar-refractivity contribution < 1.29 is 22.4 Å². The van der Waals surface area contributed by atoms with Gasteiger partial charge in [0.05, 0.1) is 15.4 Å². The van der Waals surface area contributed by atoms with Crippen molar-refractivity contribution in [2.45, 2.75) is 4.90 Å². The van der Waals surface area contributed by atoms with E-state index in [1.54, 1.807) is 30.6 Å². The van der Waals surface area contributed by atoms with Crippen LogP contribution in [0.15, 0.2) is 56.9 Å². The first-order chi connectivity index (χ1) is 14.7. The molecule has 0 unspecified atom stereocenters. The Labute approximate surface area is 182 Å². The van der Waals surface area contributed by atoms with Gasteiger partial charge in [0.2, 0.25) is 10.0 Å². The molecule has 2 aromatic heterocycles. The first-order valence-electron chi connectivity index (χ1n) is 8.91. The van der Waals surface area contributed by atoms with Gasteiger partial charge in [-0.15, -0.1) is 0 Å². The lowest BCUT2D eigenvalue weighted by Gasteiger charge is -2.10. The Balaban J connectivity index is 1.64. The molecule has 0 saturated carbocycles. The molecule has 2 amide bonds. The molecule has 156 valence electrons. The number of pyridine rings is 1. The number of rotatable bonds is 3. The van der Waals surface area contributed by atoms with Crippen molar-refractivity contribution >= 4 is 50.0 Å². The summed E-state index contributed by atoms with van der Waals surface area (Å²) >= 11 is 0.807. The van der Waals surface area contributed by atoms with E-state index in [9.17, 15) is 18.0 Å². The number of hydrogen-bond donors (Lipinski definition) is 1. The zero-order valence-corrected chi connectivity index (χ0v) is 18.0. The third-order valence-corrected chi connectivity index (χ3v) is 6.97. The molecular formula is C21H15N3O5S2. The molecule has 0 spiro atoms. The molecule has 0 aliphatic carbocycles. The molecule has 31 heavy (non-hydrogen) atoms. The second kappa shape index (κ2) is 8.03. The number of fused-ring (bicyclic) bond motifs is 1. The van der Waals surface area contributed by atoms with Gasteiger partial charge < -0.3 is 4.42 Å². The summed E-state index contributed by atoms with van der Waals surface area (Å²) < 4.78 is 31.3. The largest absolute Gasteiger partial charge is 0.455 e. The number of thioether (sulfide) groups is 1. The zero-order valence-electron chi connectivity index (χ0n) is 16.4.